The molecule has 0 saturated carbocycles. The van der Waals surface area contributed by atoms with Crippen LogP contribution in [0.15, 0.2) is 65.1 Å². The zero-order valence-corrected chi connectivity index (χ0v) is 17.8. The summed E-state index contributed by atoms with van der Waals surface area (Å²) >= 11 is 0. The number of benzene rings is 2. The number of hydrogen-bond donors (Lipinski definition) is 4. The first-order chi connectivity index (χ1) is 15.7. The lowest BCUT2D eigenvalue weighted by Crippen LogP contribution is -2.56. The van der Waals surface area contributed by atoms with Gasteiger partial charge in [-0.1, -0.05) is 36.4 Å². The summed E-state index contributed by atoms with van der Waals surface area (Å²) in [5.41, 5.74) is -0.855. The molecule has 5 rings (SSSR count). The Hall–Kier alpha value is -3.71. The molecule has 7 nitrogen and oxygen atoms in total. The van der Waals surface area contributed by atoms with Crippen LogP contribution in [0.25, 0.3) is 11.1 Å². The van der Waals surface area contributed by atoms with Crippen LogP contribution in [0, 0.1) is 11.8 Å². The maximum Gasteiger partial charge on any atom is 0.209 e. The topological polar surface area (TPSA) is 132 Å². The number of phenols is 1. The number of rotatable bonds is 2. The van der Waals surface area contributed by atoms with Crippen LogP contribution in [0.1, 0.15) is 35.7 Å². The van der Waals surface area contributed by atoms with Crippen LogP contribution in [0.5, 0.6) is 5.75 Å². The zero-order chi connectivity index (χ0) is 23.7. The lowest BCUT2D eigenvalue weighted by atomic mass is 9.60. The number of aliphatic hydroxyl groups excluding tert-OH is 2. The third kappa shape index (κ3) is 2.82. The van der Waals surface area contributed by atoms with Gasteiger partial charge in [0.15, 0.2) is 17.2 Å². The van der Waals surface area contributed by atoms with Gasteiger partial charge in [0.1, 0.15) is 22.8 Å². The maximum atomic E-state index is 13.5. The molecule has 0 fully saturated rings. The van der Waals surface area contributed by atoms with Crippen LogP contribution in [0.4, 0.5) is 0 Å². The van der Waals surface area contributed by atoms with Gasteiger partial charge in [0.25, 0.3) is 0 Å². The lowest BCUT2D eigenvalue weighted by molar-refractivity contribution is -0.144. The Balaban J connectivity index is 1.69. The second-order valence-electron chi connectivity index (χ2n) is 8.95. The van der Waals surface area contributed by atoms with Gasteiger partial charge < -0.3 is 20.4 Å². The number of Topliss-reactive ketones (excluding diaryl/α,β-unsaturated/α-hetero) is 3. The summed E-state index contributed by atoms with van der Waals surface area (Å²) in [7, 11) is 0. The number of hydrogen-bond acceptors (Lipinski definition) is 7. The Labute approximate surface area is 189 Å². The van der Waals surface area contributed by atoms with Gasteiger partial charge in [-0.05, 0) is 48.4 Å². The van der Waals surface area contributed by atoms with Crippen molar-refractivity contribution in [1.29, 1.82) is 0 Å². The number of aromatic hydroxyl groups is 1. The molecule has 2 aromatic rings. The van der Waals surface area contributed by atoms with Crippen molar-refractivity contribution < 1.29 is 34.8 Å². The van der Waals surface area contributed by atoms with Gasteiger partial charge in [0.2, 0.25) is 5.78 Å². The largest absolute Gasteiger partial charge is 0.511 e. The summed E-state index contributed by atoms with van der Waals surface area (Å²) in [5, 5.41) is 43.2. The molecular formula is C26H22O7. The molecule has 0 heterocycles. The molecule has 0 aromatic heterocycles. The van der Waals surface area contributed by atoms with Crippen molar-refractivity contribution in [3.8, 4) is 16.9 Å². The fourth-order valence-electron chi connectivity index (χ4n) is 5.62. The van der Waals surface area contributed by atoms with E-state index in [-0.39, 0.29) is 29.7 Å². The lowest BCUT2D eigenvalue weighted by Gasteiger charge is -2.45. The molecular weight excluding hydrogens is 424 g/mol. The smallest absolute Gasteiger partial charge is 0.209 e. The number of fused-ring (bicyclic) bond motifs is 3. The molecule has 2 aromatic carbocycles. The highest BCUT2D eigenvalue weighted by Gasteiger charge is 2.59. The average Bonchev–Trinajstić information content (AvgIpc) is 2.76. The quantitative estimate of drug-likeness (QED) is 0.520. The van der Waals surface area contributed by atoms with E-state index in [0.717, 1.165) is 18.1 Å². The standard InChI is InChI=1S/C26H22O7/c1-12(27)20-19(29)11-15-9-14-10-17-16(13-5-3-2-4-6-13)7-8-18(28)22(17)23(30)21(14)25(32)26(15,33)24(20)31/h2-8,14-15,28-29,32-33H,9-11H2,1H3. The molecule has 0 amide bonds. The molecule has 0 aliphatic heterocycles. The number of carbonyl (C=O) groups excluding carboxylic acids is 3. The zero-order valence-electron chi connectivity index (χ0n) is 17.8. The molecule has 3 aliphatic rings. The molecule has 4 N–H and O–H groups in total. The molecule has 7 heteroatoms. The molecule has 3 atom stereocenters. The molecule has 0 saturated heterocycles. The highest BCUT2D eigenvalue weighted by atomic mass is 16.3. The van der Waals surface area contributed by atoms with Crippen molar-refractivity contribution in [3.05, 3.63) is 76.3 Å². The van der Waals surface area contributed by atoms with E-state index in [1.165, 1.54) is 6.07 Å². The van der Waals surface area contributed by atoms with Crippen molar-refractivity contribution in [2.75, 3.05) is 0 Å². The summed E-state index contributed by atoms with van der Waals surface area (Å²) in [6, 6.07) is 12.5. The van der Waals surface area contributed by atoms with Crippen molar-refractivity contribution in [2.24, 2.45) is 11.8 Å². The van der Waals surface area contributed by atoms with E-state index < -0.39 is 51.9 Å². The summed E-state index contributed by atoms with van der Waals surface area (Å²) in [4.78, 5) is 38.5. The predicted molar refractivity (Wildman–Crippen MR) is 118 cm³/mol. The molecule has 168 valence electrons. The summed E-state index contributed by atoms with van der Waals surface area (Å²) in [5.74, 6) is -5.37. The van der Waals surface area contributed by atoms with Gasteiger partial charge >= 0.3 is 0 Å². The summed E-state index contributed by atoms with van der Waals surface area (Å²) in [6.07, 6.45) is 0.271. The van der Waals surface area contributed by atoms with Crippen LogP contribution in [0.2, 0.25) is 0 Å². The Morgan fingerprint density at radius 2 is 1.70 bits per heavy atom. The third-order valence-corrected chi connectivity index (χ3v) is 7.14. The van der Waals surface area contributed by atoms with E-state index in [2.05, 4.69) is 0 Å². The predicted octanol–water partition coefficient (Wildman–Crippen LogP) is 3.35. The number of allylic oxidation sites excluding steroid dienone is 2. The number of aliphatic hydroxyl groups is 3. The first kappa shape index (κ1) is 21.2. The van der Waals surface area contributed by atoms with Crippen LogP contribution in [0.3, 0.4) is 0 Å². The molecule has 3 aliphatic carbocycles. The highest BCUT2D eigenvalue weighted by Crippen LogP contribution is 2.52. The monoisotopic (exact) mass is 446 g/mol. The van der Waals surface area contributed by atoms with Crippen LogP contribution < -0.4 is 0 Å². The number of carbonyl (C=O) groups is 3. The summed E-state index contributed by atoms with van der Waals surface area (Å²) in [6.45, 7) is 1.09. The van der Waals surface area contributed by atoms with E-state index in [1.807, 2.05) is 30.3 Å². The second-order valence-corrected chi connectivity index (χ2v) is 8.95. The van der Waals surface area contributed by atoms with Gasteiger partial charge in [-0.2, -0.15) is 0 Å². The SMILES string of the molecule is CC(=O)C1=C(O)CC2CC3Cc4c(-c5ccccc5)ccc(O)c4C(=O)C3=C(O)C2(O)C1=O. The average molecular weight is 446 g/mol. The van der Waals surface area contributed by atoms with Crippen molar-refractivity contribution in [2.45, 2.75) is 31.8 Å². The van der Waals surface area contributed by atoms with E-state index in [0.29, 0.717) is 12.0 Å². The van der Waals surface area contributed by atoms with Gasteiger partial charge in [-0.25, -0.2) is 0 Å². The van der Waals surface area contributed by atoms with Crippen molar-refractivity contribution in [1.82, 2.24) is 0 Å². The van der Waals surface area contributed by atoms with Crippen LogP contribution in [-0.2, 0) is 16.0 Å². The van der Waals surface area contributed by atoms with Gasteiger partial charge in [-0.3, -0.25) is 14.4 Å². The first-order valence-corrected chi connectivity index (χ1v) is 10.7. The Kier molecular flexibility index (Phi) is 4.58. The van der Waals surface area contributed by atoms with Crippen LogP contribution in [-0.4, -0.2) is 43.4 Å². The molecule has 33 heavy (non-hydrogen) atoms. The Bertz CT molecular complexity index is 1300. The molecule has 0 radical (unpaired) electrons. The van der Waals surface area contributed by atoms with E-state index >= 15 is 0 Å². The maximum absolute atomic E-state index is 13.5. The molecule has 0 spiro atoms. The Morgan fingerprint density at radius 1 is 1.00 bits per heavy atom. The first-order valence-electron chi connectivity index (χ1n) is 10.7. The van der Waals surface area contributed by atoms with Gasteiger partial charge in [0, 0.05) is 17.9 Å². The number of ketones is 3. The van der Waals surface area contributed by atoms with Crippen molar-refractivity contribution in [3.63, 3.8) is 0 Å². The minimum Gasteiger partial charge on any atom is -0.511 e. The fourth-order valence-corrected chi connectivity index (χ4v) is 5.62. The van der Waals surface area contributed by atoms with Crippen LogP contribution >= 0.6 is 0 Å². The fraction of sp³-hybridized carbons (Fsp3) is 0.269. The van der Waals surface area contributed by atoms with E-state index in [1.54, 1.807) is 6.07 Å². The normalized spacial score (nSPS) is 26.6. The number of phenolic OH excluding ortho intramolecular Hbond substituents is 1. The second kappa shape index (κ2) is 7.15. The molecule has 0 bridgehead atoms. The highest BCUT2D eigenvalue weighted by molar-refractivity contribution is 6.25. The minimum atomic E-state index is -2.47. The molecule has 3 unspecified atom stereocenters. The summed E-state index contributed by atoms with van der Waals surface area (Å²) < 4.78 is 0. The minimum absolute atomic E-state index is 0.0321. The van der Waals surface area contributed by atoms with Gasteiger partial charge in [0.05, 0.1) is 5.56 Å². The van der Waals surface area contributed by atoms with E-state index in [9.17, 15) is 34.8 Å². The Morgan fingerprint density at radius 3 is 2.36 bits per heavy atom. The third-order valence-electron chi connectivity index (χ3n) is 7.14. The van der Waals surface area contributed by atoms with Crippen molar-refractivity contribution >= 4 is 17.3 Å². The van der Waals surface area contributed by atoms with E-state index in [4.69, 9.17) is 0 Å². The van der Waals surface area contributed by atoms with Gasteiger partial charge in [-0.15, -0.1) is 0 Å².